The molecule has 0 spiro atoms. The van der Waals surface area contributed by atoms with Gasteiger partial charge in [0.2, 0.25) is 0 Å². The Morgan fingerprint density at radius 1 is 1.46 bits per heavy atom. The standard InChI is InChI=1S/C10H21NOS/c1-3-9(2)11-10(8-12)4-6-13-7-5-10/h9,11-12H,3-8H2,1-2H3. The van der Waals surface area contributed by atoms with Crippen molar-refractivity contribution in [1.82, 2.24) is 5.32 Å². The zero-order valence-corrected chi connectivity index (χ0v) is 9.49. The molecule has 0 aromatic heterocycles. The predicted octanol–water partition coefficient (Wildman–Crippen LogP) is 1.63. The Hall–Kier alpha value is 0.270. The minimum atomic E-state index is 0.0284. The monoisotopic (exact) mass is 203 g/mol. The molecule has 0 amide bonds. The molecule has 3 heteroatoms. The van der Waals surface area contributed by atoms with Crippen molar-refractivity contribution in [3.63, 3.8) is 0 Å². The third-order valence-electron chi connectivity index (χ3n) is 2.92. The highest BCUT2D eigenvalue weighted by Crippen LogP contribution is 2.27. The Balaban J connectivity index is 2.47. The largest absolute Gasteiger partial charge is 0.394 e. The molecular weight excluding hydrogens is 182 g/mol. The maximum Gasteiger partial charge on any atom is 0.0614 e. The maximum atomic E-state index is 9.41. The van der Waals surface area contributed by atoms with Gasteiger partial charge >= 0.3 is 0 Å². The molecule has 1 unspecified atom stereocenters. The van der Waals surface area contributed by atoms with Gasteiger partial charge in [-0.05, 0) is 37.7 Å². The summed E-state index contributed by atoms with van der Waals surface area (Å²) in [5, 5.41) is 13.0. The van der Waals surface area contributed by atoms with Crippen molar-refractivity contribution in [2.45, 2.75) is 44.7 Å². The van der Waals surface area contributed by atoms with Crippen molar-refractivity contribution in [3.05, 3.63) is 0 Å². The lowest BCUT2D eigenvalue weighted by Crippen LogP contribution is -2.54. The molecule has 13 heavy (non-hydrogen) atoms. The van der Waals surface area contributed by atoms with Crippen LogP contribution in [0.25, 0.3) is 0 Å². The molecule has 0 bridgehead atoms. The van der Waals surface area contributed by atoms with Crippen LogP contribution in [0.4, 0.5) is 0 Å². The number of rotatable bonds is 4. The number of hydrogen-bond acceptors (Lipinski definition) is 3. The fourth-order valence-electron chi connectivity index (χ4n) is 1.73. The molecule has 1 saturated heterocycles. The molecule has 2 nitrogen and oxygen atoms in total. The van der Waals surface area contributed by atoms with E-state index < -0.39 is 0 Å². The molecule has 1 aliphatic heterocycles. The fourth-order valence-corrected chi connectivity index (χ4v) is 3.01. The van der Waals surface area contributed by atoms with Crippen molar-refractivity contribution >= 4 is 11.8 Å². The first-order chi connectivity index (χ1) is 6.22. The Morgan fingerprint density at radius 3 is 2.54 bits per heavy atom. The normalized spacial score (nSPS) is 24.2. The molecule has 0 aromatic carbocycles. The third-order valence-corrected chi connectivity index (χ3v) is 3.90. The van der Waals surface area contributed by atoms with Crippen LogP contribution in [0.15, 0.2) is 0 Å². The van der Waals surface area contributed by atoms with Crippen LogP contribution in [-0.4, -0.2) is 34.8 Å². The summed E-state index contributed by atoms with van der Waals surface area (Å²) < 4.78 is 0. The van der Waals surface area contributed by atoms with Gasteiger partial charge in [-0.3, -0.25) is 0 Å². The second-order valence-electron chi connectivity index (χ2n) is 4.00. The average Bonchev–Trinajstić information content (AvgIpc) is 2.19. The van der Waals surface area contributed by atoms with Gasteiger partial charge in [-0.1, -0.05) is 6.92 Å². The summed E-state index contributed by atoms with van der Waals surface area (Å²) in [5.74, 6) is 2.37. The molecule has 78 valence electrons. The fraction of sp³-hybridized carbons (Fsp3) is 1.00. The lowest BCUT2D eigenvalue weighted by molar-refractivity contribution is 0.138. The van der Waals surface area contributed by atoms with Crippen molar-refractivity contribution in [3.8, 4) is 0 Å². The molecular formula is C10H21NOS. The van der Waals surface area contributed by atoms with Crippen LogP contribution in [0.3, 0.4) is 0 Å². The Labute approximate surface area is 85.5 Å². The van der Waals surface area contributed by atoms with Crippen LogP contribution < -0.4 is 5.32 Å². The molecule has 1 heterocycles. The molecule has 1 rings (SSSR count). The number of aliphatic hydroxyl groups excluding tert-OH is 1. The van der Waals surface area contributed by atoms with Gasteiger partial charge in [-0.2, -0.15) is 11.8 Å². The predicted molar refractivity (Wildman–Crippen MR) is 59.3 cm³/mol. The van der Waals surface area contributed by atoms with Crippen molar-refractivity contribution in [1.29, 1.82) is 0 Å². The SMILES string of the molecule is CCC(C)NC1(CO)CCSCC1. The zero-order valence-electron chi connectivity index (χ0n) is 8.68. The van der Waals surface area contributed by atoms with Gasteiger partial charge in [0.15, 0.2) is 0 Å². The first kappa shape index (κ1) is 11.3. The summed E-state index contributed by atoms with van der Waals surface area (Å²) in [7, 11) is 0. The van der Waals surface area contributed by atoms with Crippen LogP contribution in [0.5, 0.6) is 0 Å². The molecule has 0 radical (unpaired) electrons. The number of aliphatic hydroxyl groups is 1. The molecule has 1 fully saturated rings. The smallest absolute Gasteiger partial charge is 0.0614 e. The van der Waals surface area contributed by atoms with E-state index in [4.69, 9.17) is 0 Å². The summed E-state index contributed by atoms with van der Waals surface area (Å²) in [5.41, 5.74) is 0.0284. The second-order valence-corrected chi connectivity index (χ2v) is 5.23. The van der Waals surface area contributed by atoms with Gasteiger partial charge in [0, 0.05) is 11.6 Å². The number of thioether (sulfide) groups is 1. The summed E-state index contributed by atoms with van der Waals surface area (Å²) in [4.78, 5) is 0. The van der Waals surface area contributed by atoms with E-state index in [0.29, 0.717) is 6.04 Å². The van der Waals surface area contributed by atoms with Crippen molar-refractivity contribution in [2.75, 3.05) is 18.1 Å². The van der Waals surface area contributed by atoms with E-state index in [0.717, 1.165) is 19.3 Å². The minimum absolute atomic E-state index is 0.0284. The summed E-state index contributed by atoms with van der Waals surface area (Å²) >= 11 is 2.00. The lowest BCUT2D eigenvalue weighted by Gasteiger charge is -2.38. The quantitative estimate of drug-likeness (QED) is 0.728. The molecule has 0 aromatic rings. The van der Waals surface area contributed by atoms with Gasteiger partial charge in [0.1, 0.15) is 0 Å². The van der Waals surface area contributed by atoms with Crippen LogP contribution in [-0.2, 0) is 0 Å². The van der Waals surface area contributed by atoms with E-state index in [2.05, 4.69) is 19.2 Å². The van der Waals surface area contributed by atoms with E-state index in [1.165, 1.54) is 11.5 Å². The van der Waals surface area contributed by atoms with Crippen LogP contribution in [0.1, 0.15) is 33.1 Å². The lowest BCUT2D eigenvalue weighted by atomic mass is 9.92. The molecule has 0 aliphatic carbocycles. The number of nitrogens with one attached hydrogen (secondary N) is 1. The molecule has 1 atom stereocenters. The van der Waals surface area contributed by atoms with Gasteiger partial charge in [0.25, 0.3) is 0 Å². The topological polar surface area (TPSA) is 32.3 Å². The summed E-state index contributed by atoms with van der Waals surface area (Å²) in [6.07, 6.45) is 3.35. The van der Waals surface area contributed by atoms with Crippen LogP contribution in [0.2, 0.25) is 0 Å². The first-order valence-electron chi connectivity index (χ1n) is 5.19. The van der Waals surface area contributed by atoms with E-state index >= 15 is 0 Å². The Kier molecular flexibility index (Phi) is 4.56. The van der Waals surface area contributed by atoms with E-state index in [1.807, 2.05) is 11.8 Å². The van der Waals surface area contributed by atoms with Crippen molar-refractivity contribution < 1.29 is 5.11 Å². The van der Waals surface area contributed by atoms with E-state index in [1.54, 1.807) is 0 Å². The molecule has 2 N–H and O–H groups in total. The van der Waals surface area contributed by atoms with Gasteiger partial charge in [-0.25, -0.2) is 0 Å². The first-order valence-corrected chi connectivity index (χ1v) is 6.34. The summed E-state index contributed by atoms with van der Waals surface area (Å²) in [6.45, 7) is 4.66. The summed E-state index contributed by atoms with van der Waals surface area (Å²) in [6, 6.07) is 0.523. The van der Waals surface area contributed by atoms with E-state index in [-0.39, 0.29) is 12.1 Å². The second kappa shape index (κ2) is 5.23. The highest BCUT2D eigenvalue weighted by Gasteiger charge is 2.31. The Morgan fingerprint density at radius 2 is 2.08 bits per heavy atom. The van der Waals surface area contributed by atoms with Gasteiger partial charge in [-0.15, -0.1) is 0 Å². The zero-order chi connectivity index (χ0) is 9.73. The van der Waals surface area contributed by atoms with Gasteiger partial charge < -0.3 is 10.4 Å². The highest BCUT2D eigenvalue weighted by atomic mass is 32.2. The van der Waals surface area contributed by atoms with Crippen LogP contribution in [0, 0.1) is 0 Å². The Bertz CT molecular complexity index is 146. The average molecular weight is 203 g/mol. The third kappa shape index (κ3) is 3.15. The highest BCUT2D eigenvalue weighted by molar-refractivity contribution is 7.99. The van der Waals surface area contributed by atoms with Crippen molar-refractivity contribution in [2.24, 2.45) is 0 Å². The molecule has 0 saturated carbocycles. The minimum Gasteiger partial charge on any atom is -0.394 e. The van der Waals surface area contributed by atoms with Crippen LogP contribution >= 0.6 is 11.8 Å². The maximum absolute atomic E-state index is 9.41. The number of hydrogen-bond donors (Lipinski definition) is 2. The van der Waals surface area contributed by atoms with Gasteiger partial charge in [0.05, 0.1) is 6.61 Å². The van der Waals surface area contributed by atoms with E-state index in [9.17, 15) is 5.11 Å². The molecule has 1 aliphatic rings.